The van der Waals surface area contributed by atoms with Crippen LogP contribution >= 0.6 is 11.6 Å². The van der Waals surface area contributed by atoms with Crippen LogP contribution in [-0.4, -0.2) is 35.3 Å². The number of morpholine rings is 1. The molecule has 3 atom stereocenters. The van der Waals surface area contributed by atoms with Crippen LogP contribution in [0.1, 0.15) is 36.8 Å². The van der Waals surface area contributed by atoms with Gasteiger partial charge in [-0.15, -0.1) is 0 Å². The molecule has 2 aromatic rings. The monoisotopic (exact) mass is 363 g/mol. The topological polar surface area (TPSA) is 47.5 Å². The van der Waals surface area contributed by atoms with Gasteiger partial charge in [-0.1, -0.05) is 12.1 Å². The second kappa shape index (κ2) is 6.52. The lowest BCUT2D eigenvalue weighted by Crippen LogP contribution is -2.46. The predicted octanol–water partition coefficient (Wildman–Crippen LogP) is 3.50. The number of fused-ring (bicyclic) bond motifs is 1. The number of rotatable bonds is 2. The lowest BCUT2D eigenvalue weighted by molar-refractivity contribution is -0.00558. The van der Waals surface area contributed by atoms with Crippen molar-refractivity contribution in [1.29, 1.82) is 0 Å². The molecule has 1 saturated heterocycles. The molecule has 1 fully saturated rings. The highest BCUT2D eigenvalue weighted by Gasteiger charge is 2.34. The molecule has 0 N–H and O–H groups in total. The highest BCUT2D eigenvalue weighted by atomic mass is 35.5. The first-order valence-electron chi connectivity index (χ1n) is 8.35. The molecule has 0 aliphatic carbocycles. The lowest BCUT2D eigenvalue weighted by Gasteiger charge is -2.36. The number of ether oxygens (including phenoxy) is 2. The van der Waals surface area contributed by atoms with E-state index in [0.29, 0.717) is 6.61 Å². The normalized spacial score (nSPS) is 25.9. The van der Waals surface area contributed by atoms with Gasteiger partial charge >= 0.3 is 0 Å². The Hall–Kier alpha value is -1.76. The van der Waals surface area contributed by atoms with E-state index in [0.717, 1.165) is 35.7 Å². The van der Waals surface area contributed by atoms with Gasteiger partial charge in [0.05, 0.1) is 24.5 Å². The maximum absolute atomic E-state index is 13.2. The third-order valence-electron chi connectivity index (χ3n) is 4.52. The van der Waals surface area contributed by atoms with Gasteiger partial charge in [-0.2, -0.15) is 0 Å². The van der Waals surface area contributed by atoms with Crippen molar-refractivity contribution in [2.24, 2.45) is 0 Å². The summed E-state index contributed by atoms with van der Waals surface area (Å²) in [6.45, 7) is 5.98. The average Bonchev–Trinajstić information content (AvgIpc) is 2.97. The third kappa shape index (κ3) is 3.21. The van der Waals surface area contributed by atoms with Crippen molar-refractivity contribution in [3.8, 4) is 0 Å². The Morgan fingerprint density at radius 1 is 1.12 bits per heavy atom. The first-order valence-corrected chi connectivity index (χ1v) is 8.73. The van der Waals surface area contributed by atoms with Gasteiger partial charge in [-0.05, 0) is 43.1 Å². The van der Waals surface area contributed by atoms with Gasteiger partial charge in [0.2, 0.25) is 5.28 Å². The minimum absolute atomic E-state index is 0.114. The number of hydrogen-bond acceptors (Lipinski definition) is 5. The molecule has 0 bridgehead atoms. The summed E-state index contributed by atoms with van der Waals surface area (Å²) in [4.78, 5) is 11.1. The Morgan fingerprint density at radius 2 is 1.80 bits per heavy atom. The minimum atomic E-state index is -0.356. The molecule has 0 spiro atoms. The Bertz CT molecular complexity index is 777. The SMILES string of the molecule is C[C@@H]1CN(c2nc(Cl)nc3c2COC3c2ccc(F)cc2)C[C@H](C)O1. The van der Waals surface area contributed by atoms with Crippen molar-refractivity contribution < 1.29 is 13.9 Å². The van der Waals surface area contributed by atoms with Crippen LogP contribution in [0.25, 0.3) is 0 Å². The lowest BCUT2D eigenvalue weighted by atomic mass is 10.0. The van der Waals surface area contributed by atoms with Crippen LogP contribution in [0.2, 0.25) is 5.28 Å². The largest absolute Gasteiger partial charge is 0.372 e. The predicted molar refractivity (Wildman–Crippen MR) is 92.3 cm³/mol. The first kappa shape index (κ1) is 16.7. The number of hydrogen-bond donors (Lipinski definition) is 0. The van der Waals surface area contributed by atoms with Crippen LogP contribution in [0.4, 0.5) is 10.2 Å². The summed E-state index contributed by atoms with van der Waals surface area (Å²) in [6, 6.07) is 6.27. The van der Waals surface area contributed by atoms with Crippen molar-refractivity contribution in [3.05, 3.63) is 52.2 Å². The molecule has 7 heteroatoms. The van der Waals surface area contributed by atoms with Gasteiger partial charge in [0, 0.05) is 18.7 Å². The second-order valence-electron chi connectivity index (χ2n) is 6.58. The van der Waals surface area contributed by atoms with Crippen LogP contribution < -0.4 is 4.90 Å². The van der Waals surface area contributed by atoms with Crippen LogP contribution in [0.3, 0.4) is 0 Å². The van der Waals surface area contributed by atoms with Crippen LogP contribution in [0.15, 0.2) is 24.3 Å². The fraction of sp³-hybridized carbons (Fsp3) is 0.444. The van der Waals surface area contributed by atoms with Crippen molar-refractivity contribution in [1.82, 2.24) is 9.97 Å². The van der Waals surface area contributed by atoms with E-state index in [-0.39, 0.29) is 29.4 Å². The van der Waals surface area contributed by atoms with Crippen LogP contribution in [0, 0.1) is 5.82 Å². The van der Waals surface area contributed by atoms with Crippen molar-refractivity contribution in [2.45, 2.75) is 38.8 Å². The molecule has 2 aliphatic heterocycles. The van der Waals surface area contributed by atoms with Crippen LogP contribution in [-0.2, 0) is 16.1 Å². The third-order valence-corrected chi connectivity index (χ3v) is 4.69. The smallest absolute Gasteiger partial charge is 0.224 e. The maximum Gasteiger partial charge on any atom is 0.224 e. The molecular formula is C18H19ClFN3O2. The summed E-state index contributed by atoms with van der Waals surface area (Å²) in [6.07, 6.45) is -0.127. The quantitative estimate of drug-likeness (QED) is 0.764. The van der Waals surface area contributed by atoms with E-state index in [9.17, 15) is 4.39 Å². The van der Waals surface area contributed by atoms with Gasteiger partial charge in [0.1, 0.15) is 17.7 Å². The molecule has 1 unspecified atom stereocenters. The standard InChI is InChI=1S/C18H19ClFN3O2/c1-10-7-23(8-11(2)25-10)17-14-9-24-16(15(14)21-18(19)22-17)12-3-5-13(20)6-4-12/h3-6,10-11,16H,7-9H2,1-2H3/t10-,11+,16?. The molecule has 25 heavy (non-hydrogen) atoms. The Labute approximate surface area is 150 Å². The second-order valence-corrected chi connectivity index (χ2v) is 6.92. The minimum Gasteiger partial charge on any atom is -0.372 e. The van der Waals surface area contributed by atoms with Gasteiger partial charge in [0.15, 0.2) is 0 Å². The Morgan fingerprint density at radius 3 is 2.48 bits per heavy atom. The zero-order valence-corrected chi connectivity index (χ0v) is 14.8. The molecule has 0 radical (unpaired) electrons. The number of halogens is 2. The summed E-state index contributed by atoms with van der Waals surface area (Å²) in [5, 5.41) is 0.193. The number of benzene rings is 1. The first-order chi connectivity index (χ1) is 12.0. The molecule has 2 aliphatic rings. The highest BCUT2D eigenvalue weighted by molar-refractivity contribution is 6.28. The van der Waals surface area contributed by atoms with E-state index < -0.39 is 0 Å². The van der Waals surface area contributed by atoms with E-state index in [1.54, 1.807) is 12.1 Å². The molecule has 3 heterocycles. The van der Waals surface area contributed by atoms with Gasteiger partial charge in [0.25, 0.3) is 0 Å². The summed E-state index contributed by atoms with van der Waals surface area (Å²) >= 11 is 6.20. The molecule has 132 valence electrons. The highest BCUT2D eigenvalue weighted by Crippen LogP contribution is 2.39. The van der Waals surface area contributed by atoms with Crippen molar-refractivity contribution in [2.75, 3.05) is 18.0 Å². The molecule has 5 nitrogen and oxygen atoms in total. The molecule has 0 saturated carbocycles. The maximum atomic E-state index is 13.2. The van der Waals surface area contributed by atoms with E-state index in [4.69, 9.17) is 21.1 Å². The van der Waals surface area contributed by atoms with Crippen molar-refractivity contribution in [3.63, 3.8) is 0 Å². The van der Waals surface area contributed by atoms with Crippen LogP contribution in [0.5, 0.6) is 0 Å². The van der Waals surface area contributed by atoms with Gasteiger partial charge in [-0.25, -0.2) is 14.4 Å². The molecule has 1 aromatic carbocycles. The zero-order valence-electron chi connectivity index (χ0n) is 14.1. The van der Waals surface area contributed by atoms with E-state index in [1.165, 1.54) is 12.1 Å². The summed E-state index contributed by atoms with van der Waals surface area (Å²) in [7, 11) is 0. The van der Waals surface area contributed by atoms with E-state index >= 15 is 0 Å². The van der Waals surface area contributed by atoms with Gasteiger partial charge < -0.3 is 14.4 Å². The molecule has 1 aromatic heterocycles. The Balaban J connectivity index is 1.72. The summed E-state index contributed by atoms with van der Waals surface area (Å²) in [5.74, 6) is 0.529. The fourth-order valence-corrected chi connectivity index (χ4v) is 3.74. The molecular weight excluding hydrogens is 345 g/mol. The van der Waals surface area contributed by atoms with E-state index in [2.05, 4.69) is 14.9 Å². The number of anilines is 1. The number of nitrogens with zero attached hydrogens (tertiary/aromatic N) is 3. The molecule has 4 rings (SSSR count). The van der Waals surface area contributed by atoms with Crippen molar-refractivity contribution >= 4 is 17.4 Å². The van der Waals surface area contributed by atoms with E-state index in [1.807, 2.05) is 13.8 Å². The zero-order chi connectivity index (χ0) is 17.6. The summed E-state index contributed by atoms with van der Waals surface area (Å²) in [5.41, 5.74) is 2.55. The van der Waals surface area contributed by atoms with Gasteiger partial charge in [-0.3, -0.25) is 0 Å². The Kier molecular flexibility index (Phi) is 4.35. The average molecular weight is 364 g/mol. The fourth-order valence-electron chi connectivity index (χ4n) is 3.57. The summed E-state index contributed by atoms with van der Waals surface area (Å²) < 4.78 is 25.0. The molecule has 0 amide bonds. The number of aromatic nitrogens is 2.